The van der Waals surface area contributed by atoms with Crippen LogP contribution in [0.2, 0.25) is 0 Å². The van der Waals surface area contributed by atoms with Gasteiger partial charge in [0, 0.05) is 18.0 Å². The minimum Gasteiger partial charge on any atom is -0.339 e. The largest absolute Gasteiger partial charge is 0.339 e. The van der Waals surface area contributed by atoms with Crippen molar-refractivity contribution in [2.24, 2.45) is 0 Å². The fourth-order valence-electron chi connectivity index (χ4n) is 1.35. The Balaban J connectivity index is 2.21. The molecule has 3 nitrogen and oxygen atoms in total. The van der Waals surface area contributed by atoms with Gasteiger partial charge in [0.05, 0.1) is 4.75 Å². The number of pyridine rings is 1. The summed E-state index contributed by atoms with van der Waals surface area (Å²) in [4.78, 5) is 15.6. The minimum atomic E-state index is -0.333. The van der Waals surface area contributed by atoms with Gasteiger partial charge in [0.1, 0.15) is 5.37 Å². The topological polar surface area (TPSA) is 42.0 Å². The molecule has 0 spiro atoms. The molecule has 0 aromatic carbocycles. The van der Waals surface area contributed by atoms with Crippen LogP contribution < -0.4 is 5.32 Å². The smallest absolute Gasteiger partial charge is 0.236 e. The maximum Gasteiger partial charge on any atom is 0.236 e. The highest BCUT2D eigenvalue weighted by molar-refractivity contribution is 8.02. The zero-order valence-electron chi connectivity index (χ0n) is 8.15. The van der Waals surface area contributed by atoms with Crippen LogP contribution in [0.1, 0.15) is 24.8 Å². The average molecular weight is 208 g/mol. The van der Waals surface area contributed by atoms with Crippen LogP contribution in [0, 0.1) is 0 Å². The number of aromatic nitrogens is 1. The van der Waals surface area contributed by atoms with Gasteiger partial charge in [-0.2, -0.15) is 0 Å². The highest BCUT2D eigenvalue weighted by atomic mass is 32.2. The molecule has 0 bridgehead atoms. The first-order valence-corrected chi connectivity index (χ1v) is 5.36. The Labute approximate surface area is 87.3 Å². The van der Waals surface area contributed by atoms with Crippen molar-refractivity contribution in [3.63, 3.8) is 0 Å². The molecule has 1 atom stereocenters. The van der Waals surface area contributed by atoms with Crippen molar-refractivity contribution in [1.82, 2.24) is 10.3 Å². The summed E-state index contributed by atoms with van der Waals surface area (Å²) in [6.45, 7) is 3.87. The number of hydrogen-bond donors (Lipinski definition) is 1. The SMILES string of the molecule is CC1(C)SC(c2cccnc2)NC1=O. The first kappa shape index (κ1) is 9.52. The lowest BCUT2D eigenvalue weighted by Gasteiger charge is -2.12. The van der Waals surface area contributed by atoms with Gasteiger partial charge in [-0.25, -0.2) is 0 Å². The molecule has 1 aliphatic rings. The molecule has 0 aliphatic carbocycles. The third kappa shape index (κ3) is 1.62. The summed E-state index contributed by atoms with van der Waals surface area (Å²) in [7, 11) is 0. The van der Waals surface area contributed by atoms with Crippen molar-refractivity contribution in [1.29, 1.82) is 0 Å². The van der Waals surface area contributed by atoms with Crippen LogP contribution in [0.5, 0.6) is 0 Å². The molecular weight excluding hydrogens is 196 g/mol. The first-order valence-electron chi connectivity index (χ1n) is 4.48. The van der Waals surface area contributed by atoms with Crippen LogP contribution in [0.25, 0.3) is 0 Å². The molecule has 2 rings (SSSR count). The molecule has 2 heterocycles. The van der Waals surface area contributed by atoms with E-state index in [9.17, 15) is 4.79 Å². The van der Waals surface area contributed by atoms with Crippen LogP contribution in [0.4, 0.5) is 0 Å². The molecule has 0 saturated carbocycles. The van der Waals surface area contributed by atoms with Gasteiger partial charge in [-0.05, 0) is 19.9 Å². The van der Waals surface area contributed by atoms with Gasteiger partial charge in [-0.15, -0.1) is 11.8 Å². The van der Waals surface area contributed by atoms with Crippen LogP contribution in [-0.4, -0.2) is 15.6 Å². The monoisotopic (exact) mass is 208 g/mol. The molecule has 1 saturated heterocycles. The predicted octanol–water partition coefficient (Wildman–Crippen LogP) is 1.72. The van der Waals surface area contributed by atoms with Crippen molar-refractivity contribution in [2.45, 2.75) is 24.0 Å². The Morgan fingerprint density at radius 1 is 1.57 bits per heavy atom. The van der Waals surface area contributed by atoms with Gasteiger partial charge >= 0.3 is 0 Å². The Morgan fingerprint density at radius 2 is 2.36 bits per heavy atom. The van der Waals surface area contributed by atoms with Gasteiger partial charge < -0.3 is 5.32 Å². The maximum atomic E-state index is 11.5. The molecule has 1 aromatic heterocycles. The molecule has 1 N–H and O–H groups in total. The number of nitrogens with one attached hydrogen (secondary N) is 1. The second kappa shape index (κ2) is 3.28. The van der Waals surface area contributed by atoms with Crippen LogP contribution in [-0.2, 0) is 4.79 Å². The lowest BCUT2D eigenvalue weighted by atomic mass is 10.2. The zero-order chi connectivity index (χ0) is 10.2. The summed E-state index contributed by atoms with van der Waals surface area (Å²) in [6.07, 6.45) is 3.52. The fourth-order valence-corrected chi connectivity index (χ4v) is 2.55. The second-order valence-electron chi connectivity index (χ2n) is 3.77. The maximum absolute atomic E-state index is 11.5. The Bertz CT molecular complexity index is 350. The molecule has 14 heavy (non-hydrogen) atoms. The molecular formula is C10H12N2OS. The predicted molar refractivity (Wildman–Crippen MR) is 56.8 cm³/mol. The molecule has 1 aromatic rings. The molecule has 1 amide bonds. The van der Waals surface area contributed by atoms with E-state index in [0.717, 1.165) is 5.56 Å². The molecule has 74 valence electrons. The van der Waals surface area contributed by atoms with Crippen molar-refractivity contribution in [3.05, 3.63) is 30.1 Å². The Hall–Kier alpha value is -1.03. The van der Waals surface area contributed by atoms with Crippen molar-refractivity contribution < 1.29 is 4.79 Å². The van der Waals surface area contributed by atoms with E-state index in [-0.39, 0.29) is 16.0 Å². The molecule has 1 aliphatic heterocycles. The van der Waals surface area contributed by atoms with Crippen molar-refractivity contribution in [3.8, 4) is 0 Å². The number of nitrogens with zero attached hydrogens (tertiary/aromatic N) is 1. The summed E-state index contributed by atoms with van der Waals surface area (Å²) >= 11 is 1.63. The number of amides is 1. The number of rotatable bonds is 1. The third-order valence-corrected chi connectivity index (χ3v) is 3.61. The van der Waals surface area contributed by atoms with Gasteiger partial charge in [-0.1, -0.05) is 6.07 Å². The van der Waals surface area contributed by atoms with Gasteiger partial charge in [-0.3, -0.25) is 9.78 Å². The molecule has 1 fully saturated rings. The summed E-state index contributed by atoms with van der Waals surface area (Å²) in [5, 5.41) is 2.99. The standard InChI is InChI=1S/C10H12N2OS/c1-10(2)9(13)12-8(14-10)7-4-3-5-11-6-7/h3-6,8H,1-2H3,(H,12,13). The van der Waals surface area contributed by atoms with Crippen molar-refractivity contribution >= 4 is 17.7 Å². The second-order valence-corrected chi connectivity index (χ2v) is 5.50. The van der Waals surface area contributed by atoms with E-state index in [1.807, 2.05) is 26.0 Å². The van der Waals surface area contributed by atoms with E-state index >= 15 is 0 Å². The third-order valence-electron chi connectivity index (χ3n) is 2.21. The Morgan fingerprint density at radius 3 is 2.86 bits per heavy atom. The van der Waals surface area contributed by atoms with Crippen LogP contribution >= 0.6 is 11.8 Å². The van der Waals surface area contributed by atoms with Crippen LogP contribution in [0.3, 0.4) is 0 Å². The summed E-state index contributed by atoms with van der Waals surface area (Å²) in [6, 6.07) is 3.86. The van der Waals surface area contributed by atoms with E-state index in [1.165, 1.54) is 0 Å². The van der Waals surface area contributed by atoms with Gasteiger partial charge in [0.25, 0.3) is 0 Å². The van der Waals surface area contributed by atoms with E-state index in [1.54, 1.807) is 24.2 Å². The zero-order valence-corrected chi connectivity index (χ0v) is 8.97. The first-order chi connectivity index (χ1) is 6.59. The lowest BCUT2D eigenvalue weighted by Crippen LogP contribution is -2.30. The van der Waals surface area contributed by atoms with Gasteiger partial charge in [0.15, 0.2) is 0 Å². The average Bonchev–Trinajstić information content (AvgIpc) is 2.43. The highest BCUT2D eigenvalue weighted by Gasteiger charge is 2.40. The highest BCUT2D eigenvalue weighted by Crippen LogP contribution is 2.42. The molecule has 1 unspecified atom stereocenters. The van der Waals surface area contributed by atoms with Crippen molar-refractivity contribution in [2.75, 3.05) is 0 Å². The number of hydrogen-bond acceptors (Lipinski definition) is 3. The van der Waals surface area contributed by atoms with E-state index in [0.29, 0.717) is 0 Å². The van der Waals surface area contributed by atoms with E-state index < -0.39 is 0 Å². The Kier molecular flexibility index (Phi) is 2.23. The van der Waals surface area contributed by atoms with E-state index in [2.05, 4.69) is 10.3 Å². The molecule has 4 heteroatoms. The summed E-state index contributed by atoms with van der Waals surface area (Å²) in [5.41, 5.74) is 1.05. The molecule has 0 radical (unpaired) electrons. The van der Waals surface area contributed by atoms with Crippen LogP contribution in [0.15, 0.2) is 24.5 Å². The van der Waals surface area contributed by atoms with E-state index in [4.69, 9.17) is 0 Å². The number of carbonyl (C=O) groups is 1. The minimum absolute atomic E-state index is 0.0474. The summed E-state index contributed by atoms with van der Waals surface area (Å²) < 4.78 is -0.333. The fraction of sp³-hybridized carbons (Fsp3) is 0.400. The summed E-state index contributed by atoms with van der Waals surface area (Å²) in [5.74, 6) is 0.0938. The quantitative estimate of drug-likeness (QED) is 0.764. The normalized spacial score (nSPS) is 24.7. The lowest BCUT2D eigenvalue weighted by molar-refractivity contribution is -0.122. The number of thioether (sulfide) groups is 1. The van der Waals surface area contributed by atoms with Gasteiger partial charge in [0.2, 0.25) is 5.91 Å². The number of carbonyl (C=O) groups excluding carboxylic acids is 1.